The van der Waals surface area contributed by atoms with Gasteiger partial charge in [-0.3, -0.25) is 9.59 Å². The maximum Gasteiger partial charge on any atom is 0.233 e. The number of anilines is 3. The Morgan fingerprint density at radius 3 is 2.39 bits per heavy atom. The number of ether oxygens (including phenoxy) is 2. The van der Waals surface area contributed by atoms with Crippen molar-refractivity contribution in [1.29, 1.82) is 0 Å². The number of hydrogen-bond donors (Lipinski definition) is 3. The Morgan fingerprint density at radius 2 is 1.83 bits per heavy atom. The van der Waals surface area contributed by atoms with E-state index in [0.717, 1.165) is 12.8 Å². The summed E-state index contributed by atoms with van der Waals surface area (Å²) in [6.07, 6.45) is 1.75. The van der Waals surface area contributed by atoms with Crippen molar-refractivity contribution in [2.45, 2.75) is 32.2 Å². The summed E-state index contributed by atoms with van der Waals surface area (Å²) in [5.74, 6) is -0.782. The van der Waals surface area contributed by atoms with Gasteiger partial charge >= 0.3 is 0 Å². The van der Waals surface area contributed by atoms with E-state index in [0.29, 0.717) is 30.3 Å². The molecule has 2 aromatic rings. The van der Waals surface area contributed by atoms with E-state index in [-0.39, 0.29) is 76.7 Å². The van der Waals surface area contributed by atoms with Crippen molar-refractivity contribution in [2.75, 3.05) is 43.2 Å². The SMILES string of the molecule is C=C(Nc1ccc(NC(=O)CC(=O)N2CCC[C@H]2C)cc1)c1c(N)cc(OCCOC)cc1F.[CH3-].[HH].[HH].[V]. The van der Waals surface area contributed by atoms with Gasteiger partial charge in [-0.25, -0.2) is 4.39 Å². The Balaban J connectivity index is 0. The fraction of sp³-hybridized carbons (Fsp3) is 0.346. The standard InChI is InChI=1S/C25H31FN4O4.CH3.V.2H2/c1-16-5-4-10-30(16)24(32)15-23(31)29-19-8-6-18(7-9-19)28-17(2)25-21(26)13-20(14-22(25)27)34-12-11-33-3;;;;/h6-9,13-14,16,28H,2,4-5,10-12,15,27H2,1,3H3,(H,29,31);1H3;;2*1H/q;-1;;;/t16-;;;;/m1..../s1. The van der Waals surface area contributed by atoms with Gasteiger partial charge in [-0.1, -0.05) is 6.58 Å². The molecule has 1 fully saturated rings. The summed E-state index contributed by atoms with van der Waals surface area (Å²) < 4.78 is 25.0. The predicted molar refractivity (Wildman–Crippen MR) is 142 cm³/mol. The molecule has 0 aliphatic carbocycles. The molecule has 8 nitrogen and oxygen atoms in total. The molecule has 1 radical (unpaired) electrons. The van der Waals surface area contributed by atoms with Crippen LogP contribution in [0.5, 0.6) is 5.75 Å². The quantitative estimate of drug-likeness (QED) is 0.173. The number of nitrogens with one attached hydrogen (secondary N) is 2. The first-order valence-electron chi connectivity index (χ1n) is 11.1. The van der Waals surface area contributed by atoms with Crippen molar-refractivity contribution >= 4 is 34.6 Å². The van der Waals surface area contributed by atoms with Crippen LogP contribution in [0.15, 0.2) is 43.0 Å². The van der Waals surface area contributed by atoms with Gasteiger partial charge in [0.1, 0.15) is 24.6 Å². The van der Waals surface area contributed by atoms with Gasteiger partial charge in [-0.2, -0.15) is 0 Å². The molecule has 1 aliphatic heterocycles. The van der Waals surface area contributed by atoms with Gasteiger partial charge in [0.05, 0.1) is 12.2 Å². The molecule has 0 aromatic heterocycles. The second-order valence-electron chi connectivity index (χ2n) is 8.19. The van der Waals surface area contributed by atoms with Gasteiger partial charge in [-0.05, 0) is 44.0 Å². The van der Waals surface area contributed by atoms with Gasteiger partial charge < -0.3 is 38.2 Å². The summed E-state index contributed by atoms with van der Waals surface area (Å²) in [6.45, 7) is 7.24. The molecule has 0 bridgehead atoms. The van der Waals surface area contributed by atoms with Gasteiger partial charge in [0.2, 0.25) is 11.8 Å². The second kappa shape index (κ2) is 14.5. The zero-order valence-corrected chi connectivity index (χ0v) is 22.4. The van der Waals surface area contributed by atoms with Crippen LogP contribution < -0.4 is 21.1 Å². The maximum absolute atomic E-state index is 14.7. The van der Waals surface area contributed by atoms with E-state index >= 15 is 0 Å². The molecule has 1 saturated heterocycles. The molecule has 3 rings (SSSR count). The Labute approximate surface area is 227 Å². The van der Waals surface area contributed by atoms with Crippen LogP contribution in [-0.2, 0) is 32.9 Å². The number of carbonyl (C=O) groups excluding carboxylic acids is 2. The first kappa shape index (κ1) is 31.0. The molecule has 1 atom stereocenters. The summed E-state index contributed by atoms with van der Waals surface area (Å²) in [7, 11) is 1.55. The van der Waals surface area contributed by atoms with Crippen LogP contribution >= 0.6 is 0 Å². The fourth-order valence-electron chi connectivity index (χ4n) is 3.87. The zero-order chi connectivity index (χ0) is 24.7. The Kier molecular flexibility index (Phi) is 12.5. The number of likely N-dealkylation sites (tertiary alicyclic amines) is 1. The van der Waals surface area contributed by atoms with Crippen molar-refractivity contribution < 1.29 is 44.9 Å². The molecular formula is C26H38FN4O4V-. The third-order valence-electron chi connectivity index (χ3n) is 5.60. The molecule has 2 aromatic carbocycles. The van der Waals surface area contributed by atoms with E-state index in [1.165, 1.54) is 12.1 Å². The number of nitrogen functional groups attached to an aromatic ring is 1. The van der Waals surface area contributed by atoms with Crippen molar-refractivity contribution in [2.24, 2.45) is 0 Å². The van der Waals surface area contributed by atoms with Crippen LogP contribution in [0.4, 0.5) is 21.5 Å². The third-order valence-corrected chi connectivity index (χ3v) is 5.60. The number of methoxy groups -OCH3 is 1. The fourth-order valence-corrected chi connectivity index (χ4v) is 3.87. The van der Waals surface area contributed by atoms with Gasteiger partial charge in [0, 0.05) is 76.0 Å². The zero-order valence-electron chi connectivity index (χ0n) is 21.0. The number of nitrogens with zero attached hydrogens (tertiary/aromatic N) is 1. The molecule has 2 amide bonds. The Bertz CT molecular complexity index is 1040. The molecule has 0 saturated carbocycles. The van der Waals surface area contributed by atoms with Crippen LogP contribution in [0.3, 0.4) is 0 Å². The molecule has 0 spiro atoms. The number of hydrogen-bond acceptors (Lipinski definition) is 6. The van der Waals surface area contributed by atoms with Crippen LogP contribution in [0, 0.1) is 13.2 Å². The average Bonchev–Trinajstić information content (AvgIpc) is 3.21. The summed E-state index contributed by atoms with van der Waals surface area (Å²) in [5, 5.41) is 5.75. The van der Waals surface area contributed by atoms with Crippen molar-refractivity contribution in [3.8, 4) is 5.75 Å². The smallest absolute Gasteiger partial charge is 0.233 e. The largest absolute Gasteiger partial charge is 0.491 e. The van der Waals surface area contributed by atoms with E-state index in [1.54, 1.807) is 36.3 Å². The Hall–Kier alpha value is -3.01. The molecular weight excluding hydrogens is 502 g/mol. The first-order chi connectivity index (χ1) is 16.3. The number of carbonyl (C=O) groups is 2. The van der Waals surface area contributed by atoms with Crippen LogP contribution in [0.25, 0.3) is 5.70 Å². The molecule has 199 valence electrons. The first-order valence-corrected chi connectivity index (χ1v) is 11.1. The number of rotatable bonds is 10. The van der Waals surface area contributed by atoms with Crippen molar-refractivity contribution in [3.05, 3.63) is 61.8 Å². The van der Waals surface area contributed by atoms with E-state index in [4.69, 9.17) is 15.2 Å². The van der Waals surface area contributed by atoms with Crippen molar-refractivity contribution in [3.63, 3.8) is 0 Å². The molecule has 0 unspecified atom stereocenters. The number of amides is 2. The number of nitrogens with two attached hydrogens (primary N) is 1. The maximum atomic E-state index is 14.7. The predicted octanol–water partition coefficient (Wildman–Crippen LogP) is 4.80. The van der Waals surface area contributed by atoms with Crippen LogP contribution in [-0.4, -0.2) is 49.6 Å². The van der Waals surface area contributed by atoms with Crippen LogP contribution in [0.1, 0.15) is 34.6 Å². The summed E-state index contributed by atoms with van der Waals surface area (Å²) in [5.41, 5.74) is 7.81. The van der Waals surface area contributed by atoms with E-state index in [1.807, 2.05) is 6.92 Å². The minimum atomic E-state index is -0.564. The molecule has 36 heavy (non-hydrogen) atoms. The van der Waals surface area contributed by atoms with Crippen LogP contribution in [0.2, 0.25) is 0 Å². The third kappa shape index (κ3) is 8.29. The molecule has 1 heterocycles. The Morgan fingerprint density at radius 1 is 1.19 bits per heavy atom. The summed E-state index contributed by atoms with van der Waals surface area (Å²) in [6, 6.07) is 9.74. The van der Waals surface area contributed by atoms with E-state index in [9.17, 15) is 14.0 Å². The van der Waals surface area contributed by atoms with Gasteiger partial charge in [0.25, 0.3) is 0 Å². The summed E-state index contributed by atoms with van der Waals surface area (Å²) >= 11 is 0. The minimum absolute atomic E-state index is 0. The molecule has 10 heteroatoms. The minimum Gasteiger partial charge on any atom is -0.491 e. The molecule has 4 N–H and O–H groups in total. The molecule has 1 aliphatic rings. The topological polar surface area (TPSA) is 106 Å². The number of benzene rings is 2. The normalized spacial score (nSPS) is 14.3. The van der Waals surface area contributed by atoms with Gasteiger partial charge in [0.15, 0.2) is 0 Å². The summed E-state index contributed by atoms with van der Waals surface area (Å²) in [4.78, 5) is 26.3. The monoisotopic (exact) mass is 540 g/mol. The van der Waals surface area contributed by atoms with Gasteiger partial charge in [-0.15, -0.1) is 0 Å². The van der Waals surface area contributed by atoms with Crippen molar-refractivity contribution in [1.82, 2.24) is 4.90 Å². The average molecular weight is 541 g/mol. The van der Waals surface area contributed by atoms with E-state index < -0.39 is 5.82 Å². The number of halogens is 1. The second-order valence-corrected chi connectivity index (χ2v) is 8.19. The van der Waals surface area contributed by atoms with E-state index in [2.05, 4.69) is 17.2 Å².